The molecule has 0 saturated heterocycles. The first-order valence-electron chi connectivity index (χ1n) is 14.1. The first-order valence-corrected chi connectivity index (χ1v) is 15.6. The minimum absolute atomic E-state index is 0.281. The van der Waals surface area contributed by atoms with E-state index in [0.29, 0.717) is 24.2 Å². The van der Waals surface area contributed by atoms with Crippen LogP contribution >= 0.6 is 0 Å². The highest BCUT2D eigenvalue weighted by molar-refractivity contribution is 7.92. The molecule has 208 valence electrons. The van der Waals surface area contributed by atoms with Gasteiger partial charge in [-0.25, -0.2) is 13.4 Å². The van der Waals surface area contributed by atoms with E-state index in [9.17, 15) is 8.42 Å². The number of sulfone groups is 1. The Kier molecular flexibility index (Phi) is 7.85. The zero-order valence-corrected chi connectivity index (χ0v) is 24.3. The summed E-state index contributed by atoms with van der Waals surface area (Å²) in [4.78, 5) is 5.53. The Morgan fingerprint density at radius 1 is 0.643 bits per heavy atom. The van der Waals surface area contributed by atoms with Gasteiger partial charge in [-0.1, -0.05) is 139 Å². The monoisotopic (exact) mass is 568 g/mol. The van der Waals surface area contributed by atoms with E-state index in [1.54, 1.807) is 12.1 Å². The van der Waals surface area contributed by atoms with Gasteiger partial charge in [0, 0.05) is 18.5 Å². The minimum atomic E-state index is -3.88. The second-order valence-corrected chi connectivity index (χ2v) is 12.5. The average molecular weight is 569 g/mol. The van der Waals surface area contributed by atoms with Crippen molar-refractivity contribution < 1.29 is 8.42 Å². The summed E-state index contributed by atoms with van der Waals surface area (Å²) in [6.45, 7) is 2.52. The van der Waals surface area contributed by atoms with Crippen molar-refractivity contribution in [2.45, 2.75) is 30.0 Å². The molecule has 4 nitrogen and oxygen atoms in total. The molecule has 1 atom stereocenters. The Morgan fingerprint density at radius 3 is 1.76 bits per heavy atom. The van der Waals surface area contributed by atoms with E-state index in [4.69, 9.17) is 4.98 Å². The van der Waals surface area contributed by atoms with Crippen LogP contribution in [0.25, 0.3) is 11.3 Å². The molecule has 0 aliphatic carbocycles. The molecular formula is C37H32N2O2S. The molecule has 0 aliphatic rings. The molecule has 0 fully saturated rings. The number of nitrogens with zero attached hydrogens (tertiary/aromatic N) is 2. The molecule has 0 amide bonds. The van der Waals surface area contributed by atoms with Crippen LogP contribution in [0, 0.1) is 6.92 Å². The fraction of sp³-hybridized carbons (Fsp3) is 0.108. The van der Waals surface area contributed by atoms with Crippen molar-refractivity contribution in [2.75, 3.05) is 0 Å². The highest BCUT2D eigenvalue weighted by Gasteiger charge is 2.36. The largest absolute Gasteiger partial charge is 0.323 e. The Hall–Kier alpha value is -4.74. The summed E-state index contributed by atoms with van der Waals surface area (Å²) in [5.41, 5.74) is 6.20. The van der Waals surface area contributed by atoms with Crippen LogP contribution in [-0.4, -0.2) is 18.0 Å². The van der Waals surface area contributed by atoms with Gasteiger partial charge in [0.05, 0.1) is 16.3 Å². The summed E-state index contributed by atoms with van der Waals surface area (Å²) < 4.78 is 31.4. The van der Waals surface area contributed by atoms with E-state index in [0.717, 1.165) is 33.8 Å². The fourth-order valence-electron chi connectivity index (χ4n) is 5.43. The van der Waals surface area contributed by atoms with Gasteiger partial charge in [-0.3, -0.25) is 0 Å². The van der Waals surface area contributed by atoms with E-state index >= 15 is 0 Å². The van der Waals surface area contributed by atoms with Gasteiger partial charge in [0.2, 0.25) is 0 Å². The zero-order valence-electron chi connectivity index (χ0n) is 23.5. The lowest BCUT2D eigenvalue weighted by molar-refractivity contribution is 0.588. The molecule has 1 aromatic heterocycles. The molecule has 0 bridgehead atoms. The predicted octanol–water partition coefficient (Wildman–Crippen LogP) is 8.06. The van der Waals surface area contributed by atoms with Gasteiger partial charge in [0.1, 0.15) is 11.1 Å². The standard InChI is InChI=1S/C37H32N2O2S/c1-28-22-24-33(25-23-28)42(40,41)37(32-20-12-5-13-21-32)35-36(31-18-10-4-11-19-31)39(27-30-16-8-3-9-17-30)34(38-35)26-29-14-6-2-7-15-29/h2-25,37H,26-27H2,1H3. The highest BCUT2D eigenvalue weighted by atomic mass is 32.2. The molecule has 6 aromatic rings. The third kappa shape index (κ3) is 5.69. The van der Waals surface area contributed by atoms with Crippen LogP contribution in [0.5, 0.6) is 0 Å². The highest BCUT2D eigenvalue weighted by Crippen LogP contribution is 2.41. The molecule has 1 unspecified atom stereocenters. The van der Waals surface area contributed by atoms with Crippen molar-refractivity contribution in [3.63, 3.8) is 0 Å². The van der Waals surface area contributed by atoms with Crippen LogP contribution in [-0.2, 0) is 22.8 Å². The van der Waals surface area contributed by atoms with Crippen molar-refractivity contribution in [1.29, 1.82) is 0 Å². The molecule has 42 heavy (non-hydrogen) atoms. The molecule has 0 N–H and O–H groups in total. The maximum atomic E-state index is 14.6. The van der Waals surface area contributed by atoms with E-state index < -0.39 is 15.1 Å². The normalized spacial score (nSPS) is 12.2. The molecule has 1 heterocycles. The molecule has 0 saturated carbocycles. The number of imidazole rings is 1. The number of benzene rings is 5. The molecular weight excluding hydrogens is 536 g/mol. The van der Waals surface area contributed by atoms with E-state index in [-0.39, 0.29) is 4.90 Å². The number of aryl methyl sites for hydroxylation is 1. The Morgan fingerprint density at radius 2 is 1.17 bits per heavy atom. The number of aromatic nitrogens is 2. The maximum absolute atomic E-state index is 14.6. The average Bonchev–Trinajstić information content (AvgIpc) is 3.35. The first-order chi connectivity index (χ1) is 20.5. The molecule has 5 heteroatoms. The SMILES string of the molecule is Cc1ccc(S(=O)(=O)C(c2ccccc2)c2nc(Cc3ccccc3)n(Cc3ccccc3)c2-c2ccccc2)cc1. The van der Waals surface area contributed by atoms with E-state index in [2.05, 4.69) is 28.8 Å². The third-order valence-corrected chi connectivity index (χ3v) is 9.57. The molecule has 0 spiro atoms. The van der Waals surface area contributed by atoms with Gasteiger partial charge >= 0.3 is 0 Å². The predicted molar refractivity (Wildman–Crippen MR) is 169 cm³/mol. The lowest BCUT2D eigenvalue weighted by Crippen LogP contribution is -2.17. The topological polar surface area (TPSA) is 52.0 Å². The lowest BCUT2D eigenvalue weighted by atomic mass is 10.0. The van der Waals surface area contributed by atoms with Gasteiger partial charge in [-0.2, -0.15) is 0 Å². The maximum Gasteiger partial charge on any atom is 0.191 e. The van der Waals surface area contributed by atoms with Gasteiger partial charge in [0.25, 0.3) is 0 Å². The van der Waals surface area contributed by atoms with E-state index in [1.807, 2.05) is 116 Å². The summed E-state index contributed by atoms with van der Waals surface area (Å²) >= 11 is 0. The Bertz CT molecular complexity index is 1870. The summed E-state index contributed by atoms with van der Waals surface area (Å²) in [5, 5.41) is -0.997. The first kappa shape index (κ1) is 27.4. The smallest absolute Gasteiger partial charge is 0.191 e. The van der Waals surface area contributed by atoms with E-state index in [1.165, 1.54) is 0 Å². The number of rotatable bonds is 9. The summed E-state index contributed by atoms with van der Waals surface area (Å²) in [6.07, 6.45) is 0.569. The summed E-state index contributed by atoms with van der Waals surface area (Å²) in [7, 11) is -3.88. The quantitative estimate of drug-likeness (QED) is 0.177. The fourth-order valence-corrected chi connectivity index (χ4v) is 7.19. The van der Waals surface area contributed by atoms with Crippen molar-refractivity contribution in [3.8, 4) is 11.3 Å². The van der Waals surface area contributed by atoms with Crippen LogP contribution in [0.15, 0.2) is 150 Å². The van der Waals surface area contributed by atoms with Gasteiger partial charge in [-0.05, 0) is 35.7 Å². The minimum Gasteiger partial charge on any atom is -0.323 e. The van der Waals surface area contributed by atoms with Crippen LogP contribution in [0.3, 0.4) is 0 Å². The second kappa shape index (κ2) is 12.0. The van der Waals surface area contributed by atoms with Gasteiger partial charge < -0.3 is 4.57 Å². The van der Waals surface area contributed by atoms with Crippen LogP contribution < -0.4 is 0 Å². The Labute approximate surface area is 247 Å². The molecule has 5 aromatic carbocycles. The molecule has 0 radical (unpaired) electrons. The lowest BCUT2D eigenvalue weighted by Gasteiger charge is -2.20. The van der Waals surface area contributed by atoms with Gasteiger partial charge in [0.15, 0.2) is 9.84 Å². The van der Waals surface area contributed by atoms with Crippen LogP contribution in [0.4, 0.5) is 0 Å². The van der Waals surface area contributed by atoms with Gasteiger partial charge in [-0.15, -0.1) is 0 Å². The zero-order chi connectivity index (χ0) is 28.9. The number of hydrogen-bond donors (Lipinski definition) is 0. The Balaban J connectivity index is 1.64. The summed E-state index contributed by atoms with van der Waals surface area (Å²) in [5.74, 6) is 0.818. The molecule has 6 rings (SSSR count). The molecule has 0 aliphatic heterocycles. The third-order valence-electron chi connectivity index (χ3n) is 7.52. The second-order valence-electron chi connectivity index (χ2n) is 10.5. The number of hydrogen-bond acceptors (Lipinski definition) is 3. The van der Waals surface area contributed by atoms with Crippen molar-refractivity contribution in [2.24, 2.45) is 0 Å². The van der Waals surface area contributed by atoms with Crippen molar-refractivity contribution >= 4 is 9.84 Å². The van der Waals surface area contributed by atoms with Crippen molar-refractivity contribution in [1.82, 2.24) is 9.55 Å². The van der Waals surface area contributed by atoms with Crippen LogP contribution in [0.2, 0.25) is 0 Å². The van der Waals surface area contributed by atoms with Crippen molar-refractivity contribution in [3.05, 3.63) is 179 Å². The summed E-state index contributed by atoms with van der Waals surface area (Å²) in [6, 6.07) is 47.1. The van der Waals surface area contributed by atoms with Crippen LogP contribution in [0.1, 0.15) is 39.0 Å².